The summed E-state index contributed by atoms with van der Waals surface area (Å²) in [6, 6.07) is 10.3. The Kier molecular flexibility index (Phi) is 6.23. The fourth-order valence-corrected chi connectivity index (χ4v) is 4.22. The molecule has 2 aromatic carbocycles. The molecule has 2 saturated heterocycles. The lowest BCUT2D eigenvalue weighted by Crippen LogP contribution is -2.28. The number of nitrogens with zero attached hydrogens (tertiary/aromatic N) is 2. The van der Waals surface area contributed by atoms with Crippen LogP contribution in [0.3, 0.4) is 0 Å². The van der Waals surface area contributed by atoms with Crippen LogP contribution in [0.5, 0.6) is 11.5 Å². The second kappa shape index (κ2) is 9.08. The minimum atomic E-state index is -0.563. The fourth-order valence-electron chi connectivity index (χ4n) is 4.06. The highest BCUT2D eigenvalue weighted by molar-refractivity contribution is 6.34. The maximum absolute atomic E-state index is 13.0. The summed E-state index contributed by atoms with van der Waals surface area (Å²) in [7, 11) is 3.07. The molecule has 8 nitrogen and oxygen atoms in total. The van der Waals surface area contributed by atoms with Crippen molar-refractivity contribution in [3.63, 3.8) is 0 Å². The number of methoxy groups -OCH3 is 2. The number of amides is 3. The summed E-state index contributed by atoms with van der Waals surface area (Å²) in [6.07, 6.45) is 1.38. The van der Waals surface area contributed by atoms with E-state index >= 15 is 0 Å². The van der Waals surface area contributed by atoms with Gasteiger partial charge in [0.25, 0.3) is 0 Å². The largest absolute Gasteiger partial charge is 0.497 e. The van der Waals surface area contributed by atoms with Crippen molar-refractivity contribution in [1.82, 2.24) is 0 Å². The van der Waals surface area contributed by atoms with Crippen LogP contribution in [0.15, 0.2) is 36.4 Å². The summed E-state index contributed by atoms with van der Waals surface area (Å²) < 4.78 is 10.6. The molecule has 1 N–H and O–H groups in total. The van der Waals surface area contributed by atoms with Crippen LogP contribution in [0.2, 0.25) is 5.02 Å². The van der Waals surface area contributed by atoms with Gasteiger partial charge in [0.2, 0.25) is 17.7 Å². The van der Waals surface area contributed by atoms with Crippen LogP contribution in [0.4, 0.5) is 17.1 Å². The lowest BCUT2D eigenvalue weighted by molar-refractivity contribution is -0.122. The predicted molar refractivity (Wildman–Crippen MR) is 122 cm³/mol. The fraction of sp³-hybridized carbons (Fsp3) is 0.348. The van der Waals surface area contributed by atoms with Crippen molar-refractivity contribution in [2.45, 2.75) is 19.3 Å². The van der Waals surface area contributed by atoms with Gasteiger partial charge in [-0.2, -0.15) is 0 Å². The Morgan fingerprint density at radius 1 is 1.06 bits per heavy atom. The van der Waals surface area contributed by atoms with Crippen LogP contribution in [0.1, 0.15) is 19.3 Å². The third-order valence-corrected chi connectivity index (χ3v) is 6.10. The summed E-state index contributed by atoms with van der Waals surface area (Å²) in [4.78, 5) is 41.0. The first-order valence-electron chi connectivity index (χ1n) is 10.3. The molecule has 0 aliphatic carbocycles. The van der Waals surface area contributed by atoms with E-state index in [9.17, 15) is 14.4 Å². The van der Waals surface area contributed by atoms with Gasteiger partial charge >= 0.3 is 0 Å². The summed E-state index contributed by atoms with van der Waals surface area (Å²) in [6.45, 7) is 0.846. The van der Waals surface area contributed by atoms with Gasteiger partial charge in [0.1, 0.15) is 11.5 Å². The molecule has 0 spiro atoms. The van der Waals surface area contributed by atoms with Gasteiger partial charge in [0, 0.05) is 37.7 Å². The number of carbonyl (C=O) groups excluding carboxylic acids is 3. The lowest BCUT2D eigenvalue weighted by Gasteiger charge is -2.20. The van der Waals surface area contributed by atoms with Crippen LogP contribution in [0.25, 0.3) is 0 Å². The van der Waals surface area contributed by atoms with Gasteiger partial charge in [-0.25, -0.2) is 0 Å². The Hall–Kier alpha value is -3.26. The van der Waals surface area contributed by atoms with E-state index in [1.165, 1.54) is 12.0 Å². The van der Waals surface area contributed by atoms with Gasteiger partial charge in [-0.15, -0.1) is 0 Å². The second-order valence-electron chi connectivity index (χ2n) is 7.75. The van der Waals surface area contributed by atoms with Gasteiger partial charge in [-0.1, -0.05) is 11.6 Å². The van der Waals surface area contributed by atoms with E-state index in [1.807, 2.05) is 0 Å². The van der Waals surface area contributed by atoms with E-state index < -0.39 is 5.92 Å². The SMILES string of the molecule is COc1ccc(OC)c(N2CC(C(=O)Nc3cc(N4CCCC4=O)ccc3Cl)CC2=O)c1. The minimum absolute atomic E-state index is 0.0499. The zero-order valence-electron chi connectivity index (χ0n) is 17.9. The maximum atomic E-state index is 13.0. The molecule has 2 fully saturated rings. The molecule has 0 aromatic heterocycles. The Bertz CT molecular complexity index is 1070. The van der Waals surface area contributed by atoms with Crippen LogP contribution in [-0.2, 0) is 14.4 Å². The van der Waals surface area contributed by atoms with E-state index in [-0.39, 0.29) is 30.7 Å². The molecule has 168 valence electrons. The molecular formula is C23H24ClN3O5. The molecule has 3 amide bonds. The molecule has 2 aliphatic rings. The third-order valence-electron chi connectivity index (χ3n) is 5.77. The Labute approximate surface area is 191 Å². The molecule has 32 heavy (non-hydrogen) atoms. The zero-order chi connectivity index (χ0) is 22.8. The van der Waals surface area contributed by atoms with Crippen LogP contribution >= 0.6 is 11.6 Å². The van der Waals surface area contributed by atoms with E-state index in [1.54, 1.807) is 48.4 Å². The summed E-state index contributed by atoms with van der Waals surface area (Å²) in [5, 5.41) is 3.20. The second-order valence-corrected chi connectivity index (χ2v) is 8.15. The highest BCUT2D eigenvalue weighted by Gasteiger charge is 2.37. The van der Waals surface area contributed by atoms with E-state index in [4.69, 9.17) is 21.1 Å². The Balaban J connectivity index is 1.51. The third kappa shape index (κ3) is 4.23. The average molecular weight is 458 g/mol. The molecule has 2 aromatic rings. The maximum Gasteiger partial charge on any atom is 0.229 e. The van der Waals surface area contributed by atoms with Crippen LogP contribution < -0.4 is 24.6 Å². The molecule has 9 heteroatoms. The molecule has 2 aliphatic heterocycles. The zero-order valence-corrected chi connectivity index (χ0v) is 18.6. The van der Waals surface area contributed by atoms with E-state index in [2.05, 4.69) is 5.32 Å². The van der Waals surface area contributed by atoms with E-state index in [0.29, 0.717) is 46.5 Å². The number of halogens is 1. The van der Waals surface area contributed by atoms with Crippen molar-refractivity contribution in [2.75, 3.05) is 42.4 Å². The minimum Gasteiger partial charge on any atom is -0.497 e. The summed E-state index contributed by atoms with van der Waals surface area (Å²) in [5.74, 6) is 0.0990. The average Bonchev–Trinajstić information content (AvgIpc) is 3.40. The van der Waals surface area contributed by atoms with Crippen molar-refractivity contribution in [3.05, 3.63) is 41.4 Å². The molecule has 4 rings (SSSR count). The molecule has 0 radical (unpaired) electrons. The van der Waals surface area contributed by atoms with Crippen molar-refractivity contribution in [2.24, 2.45) is 5.92 Å². The van der Waals surface area contributed by atoms with Gasteiger partial charge in [0.15, 0.2) is 0 Å². The highest BCUT2D eigenvalue weighted by Crippen LogP contribution is 2.37. The van der Waals surface area contributed by atoms with Gasteiger partial charge in [-0.3, -0.25) is 14.4 Å². The molecule has 1 atom stereocenters. The topological polar surface area (TPSA) is 88.2 Å². The molecular weight excluding hydrogens is 434 g/mol. The van der Waals surface area contributed by atoms with Crippen molar-refractivity contribution < 1.29 is 23.9 Å². The first-order chi connectivity index (χ1) is 15.4. The molecule has 0 saturated carbocycles. The van der Waals surface area contributed by atoms with Gasteiger partial charge < -0.3 is 24.6 Å². The normalized spacial score (nSPS) is 18.3. The standard InChI is InChI=1S/C23H24ClN3O5/c1-31-16-6-8-20(32-2)19(12-16)27-13-14(10-22(27)29)23(30)25-18-11-15(5-7-17(18)24)26-9-3-4-21(26)28/h5-8,11-12,14H,3-4,9-10,13H2,1-2H3,(H,25,30). The first kappa shape index (κ1) is 22.0. The van der Waals surface area contributed by atoms with Gasteiger partial charge in [0.05, 0.1) is 36.5 Å². The predicted octanol–water partition coefficient (Wildman–Crippen LogP) is 3.48. The number of nitrogens with one attached hydrogen (secondary N) is 1. The first-order valence-corrected chi connectivity index (χ1v) is 10.7. The number of ether oxygens (including phenoxy) is 2. The Morgan fingerprint density at radius 3 is 2.56 bits per heavy atom. The number of rotatable bonds is 6. The van der Waals surface area contributed by atoms with Gasteiger partial charge in [-0.05, 0) is 36.8 Å². The number of hydrogen-bond acceptors (Lipinski definition) is 5. The molecule has 0 bridgehead atoms. The molecule has 2 heterocycles. The molecule has 1 unspecified atom stereocenters. The number of hydrogen-bond donors (Lipinski definition) is 1. The lowest BCUT2D eigenvalue weighted by atomic mass is 10.1. The summed E-state index contributed by atoms with van der Waals surface area (Å²) >= 11 is 6.29. The van der Waals surface area contributed by atoms with Crippen molar-refractivity contribution in [3.8, 4) is 11.5 Å². The quantitative estimate of drug-likeness (QED) is 0.717. The number of anilines is 3. The van der Waals surface area contributed by atoms with Crippen LogP contribution in [0, 0.1) is 5.92 Å². The highest BCUT2D eigenvalue weighted by atomic mass is 35.5. The smallest absolute Gasteiger partial charge is 0.229 e. The van der Waals surface area contributed by atoms with Crippen molar-refractivity contribution >= 4 is 46.4 Å². The monoisotopic (exact) mass is 457 g/mol. The number of benzene rings is 2. The summed E-state index contributed by atoms with van der Waals surface area (Å²) in [5.41, 5.74) is 1.66. The van der Waals surface area contributed by atoms with Crippen molar-refractivity contribution in [1.29, 1.82) is 0 Å². The number of carbonyl (C=O) groups is 3. The Morgan fingerprint density at radius 2 is 1.88 bits per heavy atom. The van der Waals surface area contributed by atoms with E-state index in [0.717, 1.165) is 6.42 Å². The van der Waals surface area contributed by atoms with Crippen LogP contribution in [-0.4, -0.2) is 45.0 Å².